The van der Waals surface area contributed by atoms with E-state index in [1.807, 2.05) is 0 Å². The summed E-state index contributed by atoms with van der Waals surface area (Å²) in [4.78, 5) is 14.8. The second-order valence-corrected chi connectivity index (χ2v) is 2.80. The van der Waals surface area contributed by atoms with Crippen molar-refractivity contribution in [2.45, 2.75) is 6.23 Å². The topological polar surface area (TPSA) is 62.2 Å². The number of rotatable bonds is 0. The van der Waals surface area contributed by atoms with Crippen LogP contribution in [0, 0.1) is 0 Å². The second kappa shape index (κ2) is 2.43. The van der Waals surface area contributed by atoms with Gasteiger partial charge in [-0.1, -0.05) is 11.6 Å². The Morgan fingerprint density at radius 3 is 3.08 bits per heavy atom. The SMILES string of the molecule is O=C1N[C@H](O)c2ccnc(Cl)c21. The van der Waals surface area contributed by atoms with Gasteiger partial charge in [-0.3, -0.25) is 4.79 Å². The summed E-state index contributed by atoms with van der Waals surface area (Å²) in [5.74, 6) is -0.379. The molecule has 0 radical (unpaired) electrons. The highest BCUT2D eigenvalue weighted by atomic mass is 35.5. The van der Waals surface area contributed by atoms with E-state index in [2.05, 4.69) is 10.3 Å². The lowest BCUT2D eigenvalue weighted by Crippen LogP contribution is -2.18. The third kappa shape index (κ3) is 0.888. The molecule has 0 spiro atoms. The molecule has 1 amide bonds. The first-order valence-corrected chi connectivity index (χ1v) is 3.71. The summed E-state index contributed by atoms with van der Waals surface area (Å²) in [6.45, 7) is 0. The van der Waals surface area contributed by atoms with Gasteiger partial charge in [0.05, 0.1) is 5.56 Å². The van der Waals surface area contributed by atoms with E-state index in [4.69, 9.17) is 11.6 Å². The summed E-state index contributed by atoms with van der Waals surface area (Å²) in [5.41, 5.74) is 0.756. The Hall–Kier alpha value is -1.13. The molecule has 1 aliphatic heterocycles. The number of hydrogen-bond donors (Lipinski definition) is 2. The Morgan fingerprint density at radius 2 is 2.42 bits per heavy atom. The highest BCUT2D eigenvalue weighted by molar-refractivity contribution is 6.33. The van der Waals surface area contributed by atoms with Crippen LogP contribution in [-0.2, 0) is 0 Å². The fraction of sp³-hybridized carbons (Fsp3) is 0.143. The Kier molecular flexibility index (Phi) is 1.52. The number of nitrogens with one attached hydrogen (secondary N) is 1. The Bertz CT molecular complexity index is 353. The number of aromatic nitrogens is 1. The Morgan fingerprint density at radius 1 is 1.67 bits per heavy atom. The van der Waals surface area contributed by atoms with Gasteiger partial charge in [0.25, 0.3) is 5.91 Å². The minimum atomic E-state index is -0.951. The average molecular weight is 185 g/mol. The van der Waals surface area contributed by atoms with Gasteiger partial charge < -0.3 is 10.4 Å². The van der Waals surface area contributed by atoms with Gasteiger partial charge in [0.1, 0.15) is 5.15 Å². The average Bonchev–Trinajstić information content (AvgIpc) is 2.29. The summed E-state index contributed by atoms with van der Waals surface area (Å²) >= 11 is 5.65. The van der Waals surface area contributed by atoms with Crippen LogP contribution < -0.4 is 5.32 Å². The van der Waals surface area contributed by atoms with Crippen molar-refractivity contribution in [3.63, 3.8) is 0 Å². The van der Waals surface area contributed by atoms with Crippen molar-refractivity contribution in [2.24, 2.45) is 0 Å². The van der Waals surface area contributed by atoms with Gasteiger partial charge in [0.2, 0.25) is 0 Å². The molecule has 12 heavy (non-hydrogen) atoms. The van der Waals surface area contributed by atoms with Gasteiger partial charge in [-0.05, 0) is 6.07 Å². The zero-order chi connectivity index (χ0) is 8.72. The lowest BCUT2D eigenvalue weighted by atomic mass is 10.2. The van der Waals surface area contributed by atoms with Crippen molar-refractivity contribution in [1.29, 1.82) is 0 Å². The molecule has 2 heterocycles. The van der Waals surface area contributed by atoms with Crippen molar-refractivity contribution in [3.8, 4) is 0 Å². The highest BCUT2D eigenvalue weighted by Crippen LogP contribution is 2.27. The third-order valence-electron chi connectivity index (χ3n) is 1.73. The van der Waals surface area contributed by atoms with E-state index >= 15 is 0 Å². The molecule has 0 bridgehead atoms. The molecular formula is C7H5ClN2O2. The van der Waals surface area contributed by atoms with Crippen LogP contribution in [0.15, 0.2) is 12.3 Å². The third-order valence-corrected chi connectivity index (χ3v) is 2.01. The fourth-order valence-corrected chi connectivity index (χ4v) is 1.43. The summed E-state index contributed by atoms with van der Waals surface area (Å²) in [6, 6.07) is 1.56. The number of halogens is 1. The van der Waals surface area contributed by atoms with Crippen LogP contribution in [0.4, 0.5) is 0 Å². The molecule has 0 saturated carbocycles. The lowest BCUT2D eigenvalue weighted by molar-refractivity contribution is 0.0850. The summed E-state index contributed by atoms with van der Waals surface area (Å²) < 4.78 is 0. The van der Waals surface area contributed by atoms with E-state index in [0.717, 1.165) is 0 Å². The first-order valence-electron chi connectivity index (χ1n) is 3.33. The number of fused-ring (bicyclic) bond motifs is 1. The van der Waals surface area contributed by atoms with Crippen LogP contribution in [0.25, 0.3) is 0 Å². The molecule has 1 aliphatic rings. The van der Waals surface area contributed by atoms with E-state index in [-0.39, 0.29) is 16.6 Å². The molecule has 0 aliphatic carbocycles. The number of amides is 1. The Balaban J connectivity index is 2.67. The molecule has 5 heteroatoms. The fourth-order valence-electron chi connectivity index (χ4n) is 1.18. The van der Waals surface area contributed by atoms with Gasteiger partial charge in [-0.25, -0.2) is 4.98 Å². The Labute approximate surface area is 73.2 Å². The normalized spacial score (nSPS) is 20.5. The van der Waals surface area contributed by atoms with Crippen molar-refractivity contribution in [1.82, 2.24) is 10.3 Å². The van der Waals surface area contributed by atoms with Gasteiger partial charge in [-0.15, -0.1) is 0 Å². The first kappa shape index (κ1) is 7.52. The molecule has 1 aromatic heterocycles. The van der Waals surface area contributed by atoms with Crippen LogP contribution in [0.5, 0.6) is 0 Å². The molecule has 2 N–H and O–H groups in total. The number of nitrogens with zero attached hydrogens (tertiary/aromatic N) is 1. The van der Waals surface area contributed by atoms with E-state index in [0.29, 0.717) is 5.56 Å². The van der Waals surface area contributed by atoms with E-state index in [1.165, 1.54) is 6.20 Å². The van der Waals surface area contributed by atoms with Gasteiger partial charge in [0.15, 0.2) is 6.23 Å². The number of hydrogen-bond acceptors (Lipinski definition) is 3. The zero-order valence-electron chi connectivity index (χ0n) is 5.91. The van der Waals surface area contributed by atoms with Gasteiger partial charge >= 0.3 is 0 Å². The maximum absolute atomic E-state index is 11.1. The van der Waals surface area contributed by atoms with E-state index < -0.39 is 6.23 Å². The number of aliphatic hydroxyl groups excluding tert-OH is 1. The lowest BCUT2D eigenvalue weighted by Gasteiger charge is -2.00. The summed E-state index contributed by atoms with van der Waals surface area (Å²) in [5, 5.41) is 11.7. The van der Waals surface area contributed by atoms with Crippen molar-refractivity contribution in [2.75, 3.05) is 0 Å². The molecular weight excluding hydrogens is 180 g/mol. The van der Waals surface area contributed by atoms with Crippen LogP contribution in [0.2, 0.25) is 5.15 Å². The summed E-state index contributed by atoms with van der Waals surface area (Å²) in [6.07, 6.45) is 0.498. The van der Waals surface area contributed by atoms with Crippen molar-refractivity contribution < 1.29 is 9.90 Å². The van der Waals surface area contributed by atoms with Crippen molar-refractivity contribution >= 4 is 17.5 Å². The molecule has 2 rings (SSSR count). The molecule has 0 fully saturated rings. The quantitative estimate of drug-likeness (QED) is 0.577. The summed E-state index contributed by atoms with van der Waals surface area (Å²) in [7, 11) is 0. The molecule has 0 unspecified atom stereocenters. The van der Waals surface area contributed by atoms with Crippen LogP contribution >= 0.6 is 11.6 Å². The zero-order valence-corrected chi connectivity index (χ0v) is 6.67. The molecule has 0 aromatic carbocycles. The smallest absolute Gasteiger partial charge is 0.257 e. The largest absolute Gasteiger partial charge is 0.369 e. The standard InChI is InChI=1S/C7H5ClN2O2/c8-5-4-3(1-2-9-5)6(11)10-7(4)12/h1-2,6,11H,(H,10,12)/t6-/m1/s1. The molecule has 1 aromatic rings. The highest BCUT2D eigenvalue weighted by Gasteiger charge is 2.29. The van der Waals surface area contributed by atoms with E-state index in [1.54, 1.807) is 6.07 Å². The van der Waals surface area contributed by atoms with Crippen LogP contribution in [0.3, 0.4) is 0 Å². The van der Waals surface area contributed by atoms with Gasteiger partial charge in [-0.2, -0.15) is 0 Å². The molecule has 1 atom stereocenters. The minimum Gasteiger partial charge on any atom is -0.369 e. The number of aliphatic hydroxyl groups is 1. The maximum atomic E-state index is 11.1. The second-order valence-electron chi connectivity index (χ2n) is 2.44. The first-order chi connectivity index (χ1) is 5.70. The van der Waals surface area contributed by atoms with E-state index in [9.17, 15) is 9.90 Å². The number of carbonyl (C=O) groups excluding carboxylic acids is 1. The van der Waals surface area contributed by atoms with Crippen LogP contribution in [-0.4, -0.2) is 16.0 Å². The molecule has 4 nitrogen and oxygen atoms in total. The molecule has 0 saturated heterocycles. The predicted molar refractivity (Wildman–Crippen MR) is 41.7 cm³/mol. The monoisotopic (exact) mass is 184 g/mol. The van der Waals surface area contributed by atoms with Crippen molar-refractivity contribution in [3.05, 3.63) is 28.5 Å². The molecule has 62 valence electrons. The predicted octanol–water partition coefficient (Wildman–Crippen LogP) is 0.469. The number of carbonyl (C=O) groups is 1. The van der Waals surface area contributed by atoms with Gasteiger partial charge in [0, 0.05) is 11.8 Å². The number of pyridine rings is 1. The minimum absolute atomic E-state index is 0.126. The maximum Gasteiger partial charge on any atom is 0.257 e. The van der Waals surface area contributed by atoms with Crippen LogP contribution in [0.1, 0.15) is 22.1 Å².